The van der Waals surface area contributed by atoms with E-state index in [2.05, 4.69) is 0 Å². The fourth-order valence-corrected chi connectivity index (χ4v) is 0.929. The summed E-state index contributed by atoms with van der Waals surface area (Å²) < 4.78 is 4.72. The third-order valence-corrected chi connectivity index (χ3v) is 1.70. The van der Waals surface area contributed by atoms with E-state index in [1.54, 1.807) is 6.92 Å². The van der Waals surface area contributed by atoms with Crippen LogP contribution in [0, 0.1) is 0 Å². The van der Waals surface area contributed by atoms with Gasteiger partial charge in [0.1, 0.15) is 0 Å². The van der Waals surface area contributed by atoms with Gasteiger partial charge in [-0.3, -0.25) is 0 Å². The summed E-state index contributed by atoms with van der Waals surface area (Å²) in [6.07, 6.45) is 1.96. The third kappa shape index (κ3) is 4.82. The Morgan fingerprint density at radius 3 is 2.46 bits per heavy atom. The normalized spacial score (nSPS) is 11.4. The first-order valence-electron chi connectivity index (χ1n) is 4.49. The molecule has 0 saturated heterocycles. The van der Waals surface area contributed by atoms with Gasteiger partial charge in [-0.25, -0.2) is 4.79 Å². The molecule has 0 heterocycles. The standard InChI is InChI=1S/C8H19N3O2/c1-2-13-7(12)8(10,11)5-3-4-6-9/h2-6,9-11H2,1H3. The van der Waals surface area contributed by atoms with Crippen LogP contribution in [-0.4, -0.2) is 24.8 Å². The molecule has 0 aromatic heterocycles. The SMILES string of the molecule is CCOC(=O)C(N)(N)CCCCN. The van der Waals surface area contributed by atoms with E-state index >= 15 is 0 Å². The fourth-order valence-electron chi connectivity index (χ4n) is 0.929. The minimum Gasteiger partial charge on any atom is -0.464 e. The van der Waals surface area contributed by atoms with Gasteiger partial charge < -0.3 is 21.9 Å². The molecule has 0 atom stereocenters. The van der Waals surface area contributed by atoms with E-state index in [1.807, 2.05) is 0 Å². The highest BCUT2D eigenvalue weighted by Gasteiger charge is 2.29. The quantitative estimate of drug-likeness (QED) is 0.291. The molecule has 0 rings (SSSR count). The summed E-state index contributed by atoms with van der Waals surface area (Å²) in [6.45, 7) is 2.60. The molecule has 0 fully saturated rings. The van der Waals surface area contributed by atoms with Crippen molar-refractivity contribution in [2.45, 2.75) is 31.8 Å². The van der Waals surface area contributed by atoms with Crippen LogP contribution in [0.2, 0.25) is 0 Å². The number of carbonyl (C=O) groups excluding carboxylic acids is 1. The second-order valence-electron chi connectivity index (χ2n) is 3.01. The van der Waals surface area contributed by atoms with Gasteiger partial charge in [-0.15, -0.1) is 0 Å². The molecule has 6 N–H and O–H groups in total. The van der Waals surface area contributed by atoms with Gasteiger partial charge in [0.2, 0.25) is 0 Å². The Morgan fingerprint density at radius 2 is 2.00 bits per heavy atom. The van der Waals surface area contributed by atoms with Crippen LogP contribution in [0.5, 0.6) is 0 Å². The first kappa shape index (κ1) is 12.3. The molecule has 0 aromatic rings. The molecular formula is C8H19N3O2. The van der Waals surface area contributed by atoms with Gasteiger partial charge in [0.25, 0.3) is 0 Å². The van der Waals surface area contributed by atoms with Crippen molar-refractivity contribution in [3.8, 4) is 0 Å². The highest BCUT2D eigenvalue weighted by atomic mass is 16.5. The van der Waals surface area contributed by atoms with E-state index in [1.165, 1.54) is 0 Å². The summed E-state index contributed by atoms with van der Waals surface area (Å²) in [7, 11) is 0. The number of unbranched alkanes of at least 4 members (excludes halogenated alkanes) is 1. The van der Waals surface area contributed by atoms with E-state index in [-0.39, 0.29) is 0 Å². The molecule has 5 heteroatoms. The monoisotopic (exact) mass is 189 g/mol. The van der Waals surface area contributed by atoms with Crippen molar-refractivity contribution >= 4 is 5.97 Å². The third-order valence-electron chi connectivity index (χ3n) is 1.70. The highest BCUT2D eigenvalue weighted by Crippen LogP contribution is 2.06. The molecule has 13 heavy (non-hydrogen) atoms. The number of hydrogen-bond acceptors (Lipinski definition) is 5. The molecule has 0 radical (unpaired) electrons. The topological polar surface area (TPSA) is 104 Å². The van der Waals surface area contributed by atoms with E-state index in [9.17, 15) is 4.79 Å². The van der Waals surface area contributed by atoms with Crippen molar-refractivity contribution < 1.29 is 9.53 Å². The zero-order valence-corrected chi connectivity index (χ0v) is 8.08. The van der Waals surface area contributed by atoms with Crippen LogP contribution in [0.25, 0.3) is 0 Å². The van der Waals surface area contributed by atoms with Crippen molar-refractivity contribution in [3.05, 3.63) is 0 Å². The minimum absolute atomic E-state index is 0.297. The smallest absolute Gasteiger partial charge is 0.340 e. The first-order valence-corrected chi connectivity index (χ1v) is 4.49. The van der Waals surface area contributed by atoms with Crippen LogP contribution < -0.4 is 17.2 Å². The number of hydrogen-bond donors (Lipinski definition) is 3. The molecule has 78 valence electrons. The predicted molar refractivity (Wildman–Crippen MR) is 50.6 cm³/mol. The van der Waals surface area contributed by atoms with Crippen LogP contribution in [-0.2, 0) is 9.53 Å². The maximum absolute atomic E-state index is 11.2. The zero-order chi connectivity index (χ0) is 10.3. The molecule has 5 nitrogen and oxygen atoms in total. The average molecular weight is 189 g/mol. The second-order valence-corrected chi connectivity index (χ2v) is 3.01. The van der Waals surface area contributed by atoms with Crippen LogP contribution in [0.4, 0.5) is 0 Å². The summed E-state index contributed by atoms with van der Waals surface area (Å²) in [4.78, 5) is 11.2. The van der Waals surface area contributed by atoms with E-state index in [4.69, 9.17) is 21.9 Å². The molecule has 0 aliphatic rings. The molecule has 0 aliphatic heterocycles. The Morgan fingerprint density at radius 1 is 1.38 bits per heavy atom. The Balaban J connectivity index is 3.83. The number of rotatable bonds is 6. The second kappa shape index (κ2) is 5.90. The summed E-state index contributed by atoms with van der Waals surface area (Å²) in [5, 5.41) is 0. The molecular weight excluding hydrogens is 170 g/mol. The number of nitrogens with two attached hydrogens (primary N) is 3. The largest absolute Gasteiger partial charge is 0.464 e. The van der Waals surface area contributed by atoms with Crippen LogP contribution in [0.15, 0.2) is 0 Å². The lowest BCUT2D eigenvalue weighted by Crippen LogP contribution is -2.57. The summed E-state index contributed by atoms with van der Waals surface area (Å²) in [5.74, 6) is -0.549. The van der Waals surface area contributed by atoms with Crippen LogP contribution >= 0.6 is 0 Å². The molecule has 0 unspecified atom stereocenters. The molecule has 0 spiro atoms. The van der Waals surface area contributed by atoms with E-state index in [0.717, 1.165) is 12.8 Å². The van der Waals surface area contributed by atoms with Gasteiger partial charge in [0.05, 0.1) is 6.61 Å². The van der Waals surface area contributed by atoms with E-state index in [0.29, 0.717) is 19.6 Å². The van der Waals surface area contributed by atoms with Gasteiger partial charge in [-0.2, -0.15) is 0 Å². The van der Waals surface area contributed by atoms with Crippen molar-refractivity contribution in [3.63, 3.8) is 0 Å². The lowest BCUT2D eigenvalue weighted by Gasteiger charge is -2.21. The zero-order valence-electron chi connectivity index (χ0n) is 8.08. The Kier molecular flexibility index (Phi) is 5.61. The van der Waals surface area contributed by atoms with Gasteiger partial charge in [0, 0.05) is 0 Å². The Hall–Kier alpha value is -0.650. The van der Waals surface area contributed by atoms with Gasteiger partial charge in [-0.1, -0.05) is 0 Å². The minimum atomic E-state index is -1.36. The van der Waals surface area contributed by atoms with Gasteiger partial charge in [0.15, 0.2) is 5.66 Å². The summed E-state index contributed by atoms with van der Waals surface area (Å²) in [6, 6.07) is 0. The summed E-state index contributed by atoms with van der Waals surface area (Å²) in [5.41, 5.74) is 15.0. The molecule has 0 amide bonds. The molecule has 0 aliphatic carbocycles. The number of ether oxygens (including phenoxy) is 1. The molecule has 0 aromatic carbocycles. The maximum Gasteiger partial charge on any atom is 0.340 e. The van der Waals surface area contributed by atoms with E-state index < -0.39 is 11.6 Å². The predicted octanol–water partition coefficient (Wildman–Crippen LogP) is -0.708. The summed E-state index contributed by atoms with van der Waals surface area (Å²) >= 11 is 0. The fraction of sp³-hybridized carbons (Fsp3) is 0.875. The Labute approximate surface area is 78.6 Å². The van der Waals surface area contributed by atoms with Crippen molar-refractivity contribution in [1.29, 1.82) is 0 Å². The number of esters is 1. The lowest BCUT2D eigenvalue weighted by atomic mass is 10.0. The van der Waals surface area contributed by atoms with Crippen molar-refractivity contribution in [1.82, 2.24) is 0 Å². The Bertz CT molecular complexity index is 159. The van der Waals surface area contributed by atoms with Crippen LogP contribution in [0.3, 0.4) is 0 Å². The van der Waals surface area contributed by atoms with Crippen molar-refractivity contribution in [2.75, 3.05) is 13.2 Å². The average Bonchev–Trinajstić information content (AvgIpc) is 2.05. The molecule has 0 bridgehead atoms. The first-order chi connectivity index (χ1) is 6.04. The van der Waals surface area contributed by atoms with Crippen molar-refractivity contribution in [2.24, 2.45) is 17.2 Å². The van der Waals surface area contributed by atoms with Gasteiger partial charge >= 0.3 is 5.97 Å². The van der Waals surface area contributed by atoms with Gasteiger partial charge in [-0.05, 0) is 32.7 Å². The maximum atomic E-state index is 11.2. The van der Waals surface area contributed by atoms with Crippen LogP contribution in [0.1, 0.15) is 26.2 Å². The lowest BCUT2D eigenvalue weighted by molar-refractivity contribution is -0.149. The number of carbonyl (C=O) groups is 1. The highest BCUT2D eigenvalue weighted by molar-refractivity contribution is 5.79. The molecule has 0 saturated carbocycles.